The quantitative estimate of drug-likeness (QED) is 0.748. The molecule has 0 aliphatic rings. The summed E-state index contributed by atoms with van der Waals surface area (Å²) in [6.45, 7) is 3.95. The number of carbonyl (C=O) groups is 1. The van der Waals surface area contributed by atoms with Gasteiger partial charge in [0.25, 0.3) is 0 Å². The maximum absolute atomic E-state index is 12.0. The minimum absolute atomic E-state index is 0.114. The zero-order valence-electron chi connectivity index (χ0n) is 11.2. The number of hydrogen-bond donors (Lipinski definition) is 0. The summed E-state index contributed by atoms with van der Waals surface area (Å²) < 4.78 is 11.2. The fourth-order valence-corrected chi connectivity index (χ4v) is 2.04. The summed E-state index contributed by atoms with van der Waals surface area (Å²) in [6.07, 6.45) is 1.17. The molecule has 3 nitrogen and oxygen atoms in total. The van der Waals surface area contributed by atoms with Crippen molar-refractivity contribution in [3.05, 3.63) is 28.2 Å². The summed E-state index contributed by atoms with van der Waals surface area (Å²) in [7, 11) is 3.26. The zero-order chi connectivity index (χ0) is 13.8. The van der Waals surface area contributed by atoms with Crippen molar-refractivity contribution < 1.29 is 14.3 Å². The lowest BCUT2D eigenvalue weighted by Crippen LogP contribution is -2.23. The summed E-state index contributed by atoms with van der Waals surface area (Å²) in [6, 6.07) is 5.37. The molecule has 0 fully saturated rings. The third-order valence-corrected chi connectivity index (χ3v) is 3.60. The van der Waals surface area contributed by atoms with Crippen molar-refractivity contribution in [3.63, 3.8) is 0 Å². The Hall–Kier alpha value is -0.870. The summed E-state index contributed by atoms with van der Waals surface area (Å²) in [4.78, 5) is 12.0. The van der Waals surface area contributed by atoms with Crippen LogP contribution in [0.5, 0.6) is 5.75 Å². The number of ether oxygens (including phenoxy) is 2. The molecule has 0 amide bonds. The van der Waals surface area contributed by atoms with Crippen LogP contribution in [-0.2, 0) is 4.74 Å². The Morgan fingerprint density at radius 1 is 1.33 bits per heavy atom. The van der Waals surface area contributed by atoms with Gasteiger partial charge < -0.3 is 9.47 Å². The Morgan fingerprint density at radius 3 is 2.50 bits per heavy atom. The fraction of sp³-hybridized carbons (Fsp3) is 0.500. The van der Waals surface area contributed by atoms with Crippen molar-refractivity contribution >= 4 is 21.7 Å². The van der Waals surface area contributed by atoms with Gasteiger partial charge in [0.1, 0.15) is 5.75 Å². The van der Waals surface area contributed by atoms with E-state index in [-0.39, 0.29) is 11.4 Å². The van der Waals surface area contributed by atoms with Crippen LogP contribution in [0.2, 0.25) is 0 Å². The topological polar surface area (TPSA) is 35.5 Å². The largest absolute Gasteiger partial charge is 0.496 e. The second-order valence-electron chi connectivity index (χ2n) is 4.74. The number of hydrogen-bond acceptors (Lipinski definition) is 3. The Labute approximate surface area is 117 Å². The van der Waals surface area contributed by atoms with Crippen LogP contribution in [-0.4, -0.2) is 25.6 Å². The number of carbonyl (C=O) groups excluding carboxylic acids is 1. The van der Waals surface area contributed by atoms with Gasteiger partial charge in [-0.3, -0.25) is 4.79 Å². The molecule has 0 N–H and O–H groups in total. The number of rotatable bonds is 6. The molecule has 0 radical (unpaired) electrons. The highest BCUT2D eigenvalue weighted by molar-refractivity contribution is 9.10. The Bertz CT molecular complexity index is 427. The van der Waals surface area contributed by atoms with Crippen LogP contribution in [0.3, 0.4) is 0 Å². The molecule has 0 unspecified atom stereocenters. The van der Waals surface area contributed by atoms with Gasteiger partial charge >= 0.3 is 0 Å². The molecule has 0 aliphatic carbocycles. The lowest BCUT2D eigenvalue weighted by molar-refractivity contribution is 0.0141. The second kappa shape index (κ2) is 6.34. The highest BCUT2D eigenvalue weighted by atomic mass is 79.9. The number of ketones is 1. The lowest BCUT2D eigenvalue weighted by Gasteiger charge is -2.22. The normalized spacial score (nSPS) is 11.4. The molecule has 18 heavy (non-hydrogen) atoms. The SMILES string of the molecule is COc1ccc(C(=O)CCC(C)(C)OC)cc1Br. The van der Waals surface area contributed by atoms with E-state index in [1.807, 2.05) is 13.8 Å². The van der Waals surface area contributed by atoms with Gasteiger partial charge in [-0.1, -0.05) is 0 Å². The van der Waals surface area contributed by atoms with Crippen LogP contribution in [0, 0.1) is 0 Å². The van der Waals surface area contributed by atoms with Crippen LogP contribution in [0.4, 0.5) is 0 Å². The average molecular weight is 315 g/mol. The van der Waals surface area contributed by atoms with E-state index >= 15 is 0 Å². The van der Waals surface area contributed by atoms with Crippen molar-refractivity contribution in [2.75, 3.05) is 14.2 Å². The number of halogens is 1. The molecule has 1 rings (SSSR count). The molecule has 0 bridgehead atoms. The minimum Gasteiger partial charge on any atom is -0.496 e. The van der Waals surface area contributed by atoms with Gasteiger partial charge in [0, 0.05) is 19.1 Å². The smallest absolute Gasteiger partial charge is 0.163 e. The van der Waals surface area contributed by atoms with E-state index in [2.05, 4.69) is 15.9 Å². The first-order valence-electron chi connectivity index (χ1n) is 5.81. The van der Waals surface area contributed by atoms with Gasteiger partial charge in [0.2, 0.25) is 0 Å². The van der Waals surface area contributed by atoms with Gasteiger partial charge in [-0.15, -0.1) is 0 Å². The predicted octanol–water partition coefficient (Wildman–Crippen LogP) is 3.85. The Kier molecular flexibility index (Phi) is 5.35. The van der Waals surface area contributed by atoms with Crippen LogP contribution >= 0.6 is 15.9 Å². The van der Waals surface area contributed by atoms with Gasteiger partial charge in [-0.05, 0) is 54.4 Å². The third-order valence-electron chi connectivity index (χ3n) is 2.98. The van der Waals surface area contributed by atoms with E-state index in [1.165, 1.54) is 0 Å². The summed E-state index contributed by atoms with van der Waals surface area (Å²) in [5, 5.41) is 0. The number of Topliss-reactive ketones (excluding diaryl/α,β-unsaturated/α-hetero) is 1. The average Bonchev–Trinajstić information content (AvgIpc) is 2.36. The maximum atomic E-state index is 12.0. The monoisotopic (exact) mass is 314 g/mol. The molecule has 0 heterocycles. The minimum atomic E-state index is -0.265. The molecule has 0 aromatic heterocycles. The van der Waals surface area contributed by atoms with E-state index in [0.717, 1.165) is 10.2 Å². The molecule has 1 aromatic rings. The zero-order valence-corrected chi connectivity index (χ0v) is 12.8. The number of methoxy groups -OCH3 is 2. The Morgan fingerprint density at radius 2 is 2.00 bits per heavy atom. The van der Waals surface area contributed by atoms with Gasteiger partial charge in [-0.25, -0.2) is 0 Å². The molecule has 4 heteroatoms. The lowest BCUT2D eigenvalue weighted by atomic mass is 9.98. The number of benzene rings is 1. The molecule has 0 aliphatic heterocycles. The van der Waals surface area contributed by atoms with Crippen molar-refractivity contribution in [1.82, 2.24) is 0 Å². The van der Waals surface area contributed by atoms with Crippen molar-refractivity contribution in [2.24, 2.45) is 0 Å². The van der Waals surface area contributed by atoms with Crippen LogP contribution in [0.25, 0.3) is 0 Å². The fourth-order valence-electron chi connectivity index (χ4n) is 1.50. The molecule has 0 spiro atoms. The van der Waals surface area contributed by atoms with Crippen molar-refractivity contribution in [3.8, 4) is 5.75 Å². The first kappa shape index (κ1) is 15.2. The molecular weight excluding hydrogens is 296 g/mol. The highest BCUT2D eigenvalue weighted by Crippen LogP contribution is 2.26. The molecule has 0 atom stereocenters. The first-order chi connectivity index (χ1) is 8.39. The molecule has 0 saturated heterocycles. The summed E-state index contributed by atoms with van der Waals surface area (Å²) in [5.41, 5.74) is 0.425. The van der Waals surface area contributed by atoms with E-state index in [9.17, 15) is 4.79 Å². The van der Waals surface area contributed by atoms with Crippen LogP contribution < -0.4 is 4.74 Å². The maximum Gasteiger partial charge on any atom is 0.163 e. The van der Waals surface area contributed by atoms with Gasteiger partial charge in [0.15, 0.2) is 5.78 Å². The van der Waals surface area contributed by atoms with Crippen LogP contribution in [0.1, 0.15) is 37.0 Å². The predicted molar refractivity (Wildman–Crippen MR) is 75.3 cm³/mol. The summed E-state index contributed by atoms with van der Waals surface area (Å²) in [5.74, 6) is 0.840. The van der Waals surface area contributed by atoms with Gasteiger partial charge in [0.05, 0.1) is 17.2 Å². The van der Waals surface area contributed by atoms with Crippen LogP contribution in [0.15, 0.2) is 22.7 Å². The summed E-state index contributed by atoms with van der Waals surface area (Å²) >= 11 is 3.38. The standard InChI is InChI=1S/C14H19BrO3/c1-14(2,18-4)8-7-12(16)10-5-6-13(17-3)11(15)9-10/h5-6,9H,7-8H2,1-4H3. The molecule has 1 aromatic carbocycles. The third kappa shape index (κ3) is 4.10. The van der Waals surface area contributed by atoms with Gasteiger partial charge in [-0.2, -0.15) is 0 Å². The van der Waals surface area contributed by atoms with E-state index in [0.29, 0.717) is 18.4 Å². The first-order valence-corrected chi connectivity index (χ1v) is 6.61. The van der Waals surface area contributed by atoms with Crippen molar-refractivity contribution in [1.29, 1.82) is 0 Å². The Balaban J connectivity index is 2.71. The molecule has 100 valence electrons. The van der Waals surface area contributed by atoms with Crippen molar-refractivity contribution in [2.45, 2.75) is 32.3 Å². The second-order valence-corrected chi connectivity index (χ2v) is 5.59. The van der Waals surface area contributed by atoms with E-state index < -0.39 is 0 Å². The van der Waals surface area contributed by atoms with E-state index in [4.69, 9.17) is 9.47 Å². The molecule has 0 saturated carbocycles. The van der Waals surface area contributed by atoms with E-state index in [1.54, 1.807) is 32.4 Å². The molecular formula is C14H19BrO3. The highest BCUT2D eigenvalue weighted by Gasteiger charge is 2.19.